The first-order chi connectivity index (χ1) is 11.0. The summed E-state index contributed by atoms with van der Waals surface area (Å²) in [5.74, 6) is 0. The van der Waals surface area contributed by atoms with E-state index < -0.39 is 10.0 Å². The van der Waals surface area contributed by atoms with Gasteiger partial charge in [-0.3, -0.25) is 9.58 Å². The largest absolute Gasteiger partial charge is 0.296 e. The molecule has 0 spiro atoms. The van der Waals surface area contributed by atoms with E-state index in [4.69, 9.17) is 0 Å². The van der Waals surface area contributed by atoms with Crippen molar-refractivity contribution in [1.82, 2.24) is 19.0 Å². The van der Waals surface area contributed by atoms with Gasteiger partial charge in [-0.2, -0.15) is 9.40 Å². The SMILES string of the molecule is Cc1c(S(=O)(=O)N2CCN(Cc3ccccc3)CC2)cnn1C. The second-order valence-corrected chi connectivity index (χ2v) is 7.79. The predicted molar refractivity (Wildman–Crippen MR) is 88.4 cm³/mol. The molecule has 1 saturated heterocycles. The van der Waals surface area contributed by atoms with E-state index >= 15 is 0 Å². The molecule has 0 radical (unpaired) electrons. The van der Waals surface area contributed by atoms with Crippen molar-refractivity contribution in [3.05, 3.63) is 47.8 Å². The molecule has 0 unspecified atom stereocenters. The lowest BCUT2D eigenvalue weighted by molar-refractivity contribution is 0.181. The van der Waals surface area contributed by atoms with E-state index in [9.17, 15) is 8.42 Å². The summed E-state index contributed by atoms with van der Waals surface area (Å²) in [6.07, 6.45) is 1.45. The van der Waals surface area contributed by atoms with Crippen molar-refractivity contribution >= 4 is 10.0 Å². The zero-order valence-corrected chi connectivity index (χ0v) is 14.3. The number of hydrogen-bond acceptors (Lipinski definition) is 4. The minimum atomic E-state index is -3.44. The van der Waals surface area contributed by atoms with Gasteiger partial charge in [0.05, 0.1) is 11.9 Å². The van der Waals surface area contributed by atoms with Crippen LogP contribution in [0.4, 0.5) is 0 Å². The van der Waals surface area contributed by atoms with E-state index in [0.29, 0.717) is 23.7 Å². The molecule has 0 saturated carbocycles. The van der Waals surface area contributed by atoms with Crippen LogP contribution >= 0.6 is 0 Å². The van der Waals surface area contributed by atoms with Gasteiger partial charge in [-0.1, -0.05) is 30.3 Å². The van der Waals surface area contributed by atoms with E-state index in [1.165, 1.54) is 11.8 Å². The number of sulfonamides is 1. The Hall–Kier alpha value is -1.70. The van der Waals surface area contributed by atoms with Crippen molar-refractivity contribution in [2.24, 2.45) is 7.05 Å². The molecule has 1 fully saturated rings. The van der Waals surface area contributed by atoms with Crippen molar-refractivity contribution in [3.8, 4) is 0 Å². The highest BCUT2D eigenvalue weighted by molar-refractivity contribution is 7.89. The number of piperazine rings is 1. The van der Waals surface area contributed by atoms with Crippen molar-refractivity contribution in [3.63, 3.8) is 0 Å². The summed E-state index contributed by atoms with van der Waals surface area (Å²) < 4.78 is 28.6. The maximum absolute atomic E-state index is 12.7. The summed E-state index contributed by atoms with van der Waals surface area (Å²) in [5, 5.41) is 4.05. The molecule has 0 atom stereocenters. The predicted octanol–water partition coefficient (Wildman–Crippen LogP) is 1.24. The third kappa shape index (κ3) is 3.31. The summed E-state index contributed by atoms with van der Waals surface area (Å²) in [5.41, 5.74) is 1.93. The molecular weight excluding hydrogens is 312 g/mol. The van der Waals surface area contributed by atoms with Gasteiger partial charge in [0.25, 0.3) is 0 Å². The number of benzene rings is 1. The Balaban J connectivity index is 1.65. The lowest BCUT2D eigenvalue weighted by Crippen LogP contribution is -2.48. The molecule has 3 rings (SSSR count). The van der Waals surface area contributed by atoms with E-state index in [2.05, 4.69) is 22.1 Å². The molecule has 6 nitrogen and oxygen atoms in total. The first kappa shape index (κ1) is 16.2. The fraction of sp³-hybridized carbons (Fsp3) is 0.438. The molecule has 0 aliphatic carbocycles. The van der Waals surface area contributed by atoms with Gasteiger partial charge in [-0.05, 0) is 12.5 Å². The first-order valence-electron chi connectivity index (χ1n) is 7.73. The molecule has 0 amide bonds. The Morgan fingerprint density at radius 1 is 1.09 bits per heavy atom. The highest BCUT2D eigenvalue weighted by atomic mass is 32.2. The smallest absolute Gasteiger partial charge is 0.246 e. The third-order valence-corrected chi connectivity index (χ3v) is 6.39. The fourth-order valence-electron chi connectivity index (χ4n) is 2.84. The Morgan fingerprint density at radius 2 is 1.74 bits per heavy atom. The lowest BCUT2D eigenvalue weighted by Gasteiger charge is -2.33. The zero-order chi connectivity index (χ0) is 16.4. The van der Waals surface area contributed by atoms with E-state index in [1.807, 2.05) is 18.2 Å². The van der Waals surface area contributed by atoms with E-state index in [0.717, 1.165) is 19.6 Å². The first-order valence-corrected chi connectivity index (χ1v) is 9.17. The molecule has 1 aliphatic rings. The highest BCUT2D eigenvalue weighted by Gasteiger charge is 2.30. The topological polar surface area (TPSA) is 58.4 Å². The molecule has 0 bridgehead atoms. The van der Waals surface area contributed by atoms with Gasteiger partial charge in [0.1, 0.15) is 4.90 Å². The Kier molecular flexibility index (Phi) is 4.52. The van der Waals surface area contributed by atoms with Crippen LogP contribution in [0.3, 0.4) is 0 Å². The van der Waals surface area contributed by atoms with Crippen LogP contribution in [0.25, 0.3) is 0 Å². The second kappa shape index (κ2) is 6.43. The monoisotopic (exact) mass is 334 g/mol. The van der Waals surface area contributed by atoms with Crippen LogP contribution in [0, 0.1) is 6.92 Å². The van der Waals surface area contributed by atoms with Crippen LogP contribution in [0.1, 0.15) is 11.3 Å². The Labute approximate surface area is 137 Å². The number of aryl methyl sites for hydroxylation is 1. The molecule has 7 heteroatoms. The maximum atomic E-state index is 12.7. The number of rotatable bonds is 4. The standard InChI is InChI=1S/C16H22N4O2S/c1-14-16(12-17-18(14)2)23(21,22)20-10-8-19(9-11-20)13-15-6-4-3-5-7-15/h3-7,12H,8-11,13H2,1-2H3. The zero-order valence-electron chi connectivity index (χ0n) is 13.5. The van der Waals surface area contributed by atoms with Gasteiger partial charge >= 0.3 is 0 Å². The Morgan fingerprint density at radius 3 is 2.30 bits per heavy atom. The highest BCUT2D eigenvalue weighted by Crippen LogP contribution is 2.20. The average molecular weight is 334 g/mol. The molecule has 124 valence electrons. The molecular formula is C16H22N4O2S. The fourth-order valence-corrected chi connectivity index (χ4v) is 4.45. The molecule has 1 aliphatic heterocycles. The molecule has 23 heavy (non-hydrogen) atoms. The summed E-state index contributed by atoms with van der Waals surface area (Å²) in [6, 6.07) is 10.3. The molecule has 2 heterocycles. The van der Waals surface area contributed by atoms with Gasteiger partial charge in [-0.15, -0.1) is 0 Å². The van der Waals surface area contributed by atoms with Crippen LogP contribution in [0.15, 0.2) is 41.4 Å². The van der Waals surface area contributed by atoms with Gasteiger partial charge < -0.3 is 0 Å². The maximum Gasteiger partial charge on any atom is 0.246 e. The number of nitrogens with zero attached hydrogens (tertiary/aromatic N) is 4. The van der Waals surface area contributed by atoms with Crippen LogP contribution in [-0.4, -0.2) is 53.6 Å². The summed E-state index contributed by atoms with van der Waals surface area (Å²) in [7, 11) is -1.69. The summed E-state index contributed by atoms with van der Waals surface area (Å²) >= 11 is 0. The van der Waals surface area contributed by atoms with Crippen molar-refractivity contribution in [2.75, 3.05) is 26.2 Å². The van der Waals surface area contributed by atoms with Crippen molar-refractivity contribution in [1.29, 1.82) is 0 Å². The van der Waals surface area contributed by atoms with Crippen molar-refractivity contribution < 1.29 is 8.42 Å². The van der Waals surface area contributed by atoms with Gasteiger partial charge in [0, 0.05) is 39.8 Å². The van der Waals surface area contributed by atoms with Gasteiger partial charge in [-0.25, -0.2) is 8.42 Å². The minimum absolute atomic E-state index is 0.316. The Bertz CT molecular complexity index is 763. The van der Waals surface area contributed by atoms with E-state index in [-0.39, 0.29) is 0 Å². The number of hydrogen-bond donors (Lipinski definition) is 0. The van der Waals surface area contributed by atoms with E-state index in [1.54, 1.807) is 23.0 Å². The molecule has 1 aromatic heterocycles. The van der Waals surface area contributed by atoms with Crippen LogP contribution in [-0.2, 0) is 23.6 Å². The van der Waals surface area contributed by atoms with Crippen molar-refractivity contribution in [2.45, 2.75) is 18.4 Å². The van der Waals surface area contributed by atoms with Crippen LogP contribution in [0.5, 0.6) is 0 Å². The van der Waals surface area contributed by atoms with Crippen LogP contribution in [0.2, 0.25) is 0 Å². The van der Waals surface area contributed by atoms with Gasteiger partial charge in [0.15, 0.2) is 0 Å². The molecule has 2 aromatic rings. The second-order valence-electron chi connectivity index (χ2n) is 5.88. The molecule has 0 N–H and O–H groups in total. The third-order valence-electron chi connectivity index (χ3n) is 4.39. The average Bonchev–Trinajstić information content (AvgIpc) is 2.89. The van der Waals surface area contributed by atoms with Crippen LogP contribution < -0.4 is 0 Å². The number of aromatic nitrogens is 2. The summed E-state index contributed by atoms with van der Waals surface area (Å²) in [4.78, 5) is 2.61. The summed E-state index contributed by atoms with van der Waals surface area (Å²) in [6.45, 7) is 5.17. The molecule has 1 aromatic carbocycles. The lowest BCUT2D eigenvalue weighted by atomic mass is 10.2. The van der Waals surface area contributed by atoms with Gasteiger partial charge in [0.2, 0.25) is 10.0 Å². The normalized spacial score (nSPS) is 17.5. The quantitative estimate of drug-likeness (QED) is 0.844. The minimum Gasteiger partial charge on any atom is -0.296 e.